The van der Waals surface area contributed by atoms with Crippen molar-refractivity contribution < 1.29 is 14.7 Å². The average Bonchev–Trinajstić information content (AvgIpc) is 2.93. The predicted molar refractivity (Wildman–Crippen MR) is 115 cm³/mol. The number of hydrogen-bond donors (Lipinski definition) is 1. The molecule has 1 atom stereocenters. The van der Waals surface area contributed by atoms with Crippen LogP contribution in [0.1, 0.15) is 29.2 Å². The third kappa shape index (κ3) is 4.52. The Kier molecular flexibility index (Phi) is 6.40. The number of Topliss-reactive ketones (excluding diaryl/α,β-unsaturated/α-hetero) is 1. The fourth-order valence-electron chi connectivity index (χ4n) is 3.62. The zero-order chi connectivity index (χ0) is 21.1. The summed E-state index contributed by atoms with van der Waals surface area (Å²) in [7, 11) is 3.93. The SMILES string of the molecule is Cc1cccc(C2/C(=C(/O)c3ccc(Cl)cc3)C(=O)C(=O)N2CCCN(C)C)c1. The van der Waals surface area contributed by atoms with E-state index in [2.05, 4.69) is 0 Å². The van der Waals surface area contributed by atoms with Crippen LogP contribution >= 0.6 is 11.6 Å². The molecule has 0 aliphatic carbocycles. The van der Waals surface area contributed by atoms with E-state index in [4.69, 9.17) is 11.6 Å². The number of aliphatic hydroxyl groups excluding tert-OH is 1. The molecule has 1 unspecified atom stereocenters. The minimum Gasteiger partial charge on any atom is -0.507 e. The highest BCUT2D eigenvalue weighted by molar-refractivity contribution is 6.46. The summed E-state index contributed by atoms with van der Waals surface area (Å²) in [5.74, 6) is -1.42. The van der Waals surface area contributed by atoms with Crippen LogP contribution in [-0.2, 0) is 9.59 Å². The van der Waals surface area contributed by atoms with Crippen LogP contribution in [0, 0.1) is 6.92 Å². The zero-order valence-corrected chi connectivity index (χ0v) is 17.6. The Labute approximate surface area is 176 Å². The molecule has 1 N–H and O–H groups in total. The van der Waals surface area contributed by atoms with Gasteiger partial charge in [-0.25, -0.2) is 0 Å². The van der Waals surface area contributed by atoms with Crippen molar-refractivity contribution in [3.8, 4) is 0 Å². The Hall–Kier alpha value is -2.63. The third-order valence-electron chi connectivity index (χ3n) is 5.02. The molecule has 0 spiro atoms. The average molecular weight is 413 g/mol. The summed E-state index contributed by atoms with van der Waals surface area (Å²) >= 11 is 5.94. The van der Waals surface area contributed by atoms with Crippen LogP contribution in [-0.4, -0.2) is 53.8 Å². The van der Waals surface area contributed by atoms with Gasteiger partial charge >= 0.3 is 0 Å². The van der Waals surface area contributed by atoms with Crippen LogP contribution in [0.25, 0.3) is 5.76 Å². The minimum absolute atomic E-state index is 0.118. The quantitative estimate of drug-likeness (QED) is 0.442. The number of aliphatic hydroxyl groups is 1. The van der Waals surface area contributed by atoms with Gasteiger partial charge in [-0.3, -0.25) is 9.59 Å². The lowest BCUT2D eigenvalue weighted by molar-refractivity contribution is -0.139. The highest BCUT2D eigenvalue weighted by Crippen LogP contribution is 2.39. The molecule has 2 aromatic carbocycles. The van der Waals surface area contributed by atoms with Crippen LogP contribution in [0.15, 0.2) is 54.1 Å². The van der Waals surface area contributed by atoms with Gasteiger partial charge in [0.2, 0.25) is 0 Å². The first-order valence-electron chi connectivity index (χ1n) is 9.55. The zero-order valence-electron chi connectivity index (χ0n) is 16.9. The van der Waals surface area contributed by atoms with Gasteiger partial charge in [0, 0.05) is 17.1 Å². The molecule has 0 bridgehead atoms. The van der Waals surface area contributed by atoms with Crippen molar-refractivity contribution in [2.24, 2.45) is 0 Å². The van der Waals surface area contributed by atoms with Gasteiger partial charge in [-0.2, -0.15) is 0 Å². The molecule has 0 saturated carbocycles. The summed E-state index contributed by atoms with van der Waals surface area (Å²) in [6.07, 6.45) is 0.726. The normalized spacial score (nSPS) is 18.7. The Balaban J connectivity index is 2.09. The van der Waals surface area contributed by atoms with E-state index in [0.717, 1.165) is 24.1 Å². The number of carbonyl (C=O) groups is 2. The Bertz CT molecular complexity index is 951. The number of amides is 1. The molecule has 29 heavy (non-hydrogen) atoms. The first kappa shape index (κ1) is 21.1. The van der Waals surface area contributed by atoms with Crippen molar-refractivity contribution in [1.29, 1.82) is 0 Å². The molecule has 0 radical (unpaired) electrons. The predicted octanol–water partition coefficient (Wildman–Crippen LogP) is 4.02. The summed E-state index contributed by atoms with van der Waals surface area (Å²) < 4.78 is 0. The van der Waals surface area contributed by atoms with E-state index < -0.39 is 17.7 Å². The first-order chi connectivity index (χ1) is 13.8. The number of benzene rings is 2. The number of rotatable bonds is 6. The van der Waals surface area contributed by atoms with E-state index in [9.17, 15) is 14.7 Å². The standard InChI is InChI=1S/C23H25ClN2O3/c1-15-6-4-7-17(14-15)20-19(21(27)16-8-10-18(24)11-9-16)22(28)23(29)26(20)13-5-12-25(2)3/h4,6-11,14,20,27H,5,12-13H2,1-3H3/b21-19-. The molecule has 1 amide bonds. The second-order valence-corrected chi connectivity index (χ2v) is 8.01. The molecule has 1 fully saturated rings. The fraction of sp³-hybridized carbons (Fsp3) is 0.304. The first-order valence-corrected chi connectivity index (χ1v) is 9.93. The van der Waals surface area contributed by atoms with Gasteiger partial charge in [0.15, 0.2) is 0 Å². The number of halogens is 1. The number of nitrogens with zero attached hydrogens (tertiary/aromatic N) is 2. The van der Waals surface area contributed by atoms with Gasteiger partial charge in [0.1, 0.15) is 5.76 Å². The number of aryl methyl sites for hydroxylation is 1. The number of likely N-dealkylation sites (tertiary alicyclic amines) is 1. The maximum Gasteiger partial charge on any atom is 0.295 e. The largest absolute Gasteiger partial charge is 0.507 e. The molecule has 1 heterocycles. The van der Waals surface area contributed by atoms with E-state index in [0.29, 0.717) is 17.1 Å². The van der Waals surface area contributed by atoms with Crippen LogP contribution in [0.2, 0.25) is 5.02 Å². The maximum absolute atomic E-state index is 12.9. The van der Waals surface area contributed by atoms with Crippen molar-refractivity contribution in [2.45, 2.75) is 19.4 Å². The van der Waals surface area contributed by atoms with Gasteiger partial charge in [-0.1, -0.05) is 41.4 Å². The van der Waals surface area contributed by atoms with Crippen LogP contribution in [0.5, 0.6) is 0 Å². The molecular weight excluding hydrogens is 388 g/mol. The summed E-state index contributed by atoms with van der Waals surface area (Å²) in [5, 5.41) is 11.5. The van der Waals surface area contributed by atoms with Gasteiger partial charge in [-0.05, 0) is 63.8 Å². The number of ketones is 1. The molecule has 1 saturated heterocycles. The highest BCUT2D eigenvalue weighted by atomic mass is 35.5. The number of hydrogen-bond acceptors (Lipinski definition) is 4. The third-order valence-corrected chi connectivity index (χ3v) is 5.27. The van der Waals surface area contributed by atoms with Gasteiger partial charge in [-0.15, -0.1) is 0 Å². The van der Waals surface area contributed by atoms with Crippen molar-refractivity contribution in [3.63, 3.8) is 0 Å². The monoisotopic (exact) mass is 412 g/mol. The maximum atomic E-state index is 12.9. The summed E-state index contributed by atoms with van der Waals surface area (Å²) in [4.78, 5) is 29.4. The topological polar surface area (TPSA) is 60.9 Å². The Morgan fingerprint density at radius 2 is 1.83 bits per heavy atom. The minimum atomic E-state index is -0.659. The lowest BCUT2D eigenvalue weighted by atomic mass is 9.94. The summed E-state index contributed by atoms with van der Waals surface area (Å²) in [6.45, 7) is 3.18. The molecule has 6 heteroatoms. The van der Waals surface area contributed by atoms with Crippen molar-refractivity contribution in [2.75, 3.05) is 27.2 Å². The fourth-order valence-corrected chi connectivity index (χ4v) is 3.74. The molecule has 1 aliphatic heterocycles. The van der Waals surface area contributed by atoms with E-state index in [-0.39, 0.29) is 11.3 Å². The van der Waals surface area contributed by atoms with E-state index in [1.165, 1.54) is 0 Å². The molecule has 3 rings (SSSR count). The van der Waals surface area contributed by atoms with Gasteiger partial charge < -0.3 is 14.9 Å². The van der Waals surface area contributed by atoms with E-state index in [1.54, 1.807) is 29.2 Å². The molecular formula is C23H25ClN2O3. The molecule has 5 nitrogen and oxygen atoms in total. The van der Waals surface area contributed by atoms with Crippen molar-refractivity contribution >= 4 is 29.1 Å². The van der Waals surface area contributed by atoms with E-state index >= 15 is 0 Å². The summed E-state index contributed by atoms with van der Waals surface area (Å²) in [5.41, 5.74) is 2.41. The van der Waals surface area contributed by atoms with E-state index in [1.807, 2.05) is 50.2 Å². The number of carbonyl (C=O) groups excluding carboxylic acids is 2. The van der Waals surface area contributed by atoms with Crippen LogP contribution < -0.4 is 0 Å². The second-order valence-electron chi connectivity index (χ2n) is 7.57. The molecule has 2 aromatic rings. The van der Waals surface area contributed by atoms with Crippen molar-refractivity contribution in [1.82, 2.24) is 9.80 Å². The second kappa shape index (κ2) is 8.80. The molecule has 1 aliphatic rings. The molecule has 0 aromatic heterocycles. The Morgan fingerprint density at radius 3 is 2.45 bits per heavy atom. The highest BCUT2D eigenvalue weighted by Gasteiger charge is 2.45. The lowest BCUT2D eigenvalue weighted by Crippen LogP contribution is -2.32. The summed E-state index contributed by atoms with van der Waals surface area (Å²) in [6, 6.07) is 13.6. The van der Waals surface area contributed by atoms with Gasteiger partial charge in [0.05, 0.1) is 11.6 Å². The Morgan fingerprint density at radius 1 is 1.14 bits per heavy atom. The smallest absolute Gasteiger partial charge is 0.295 e. The van der Waals surface area contributed by atoms with Crippen molar-refractivity contribution in [3.05, 3.63) is 75.8 Å². The molecule has 152 valence electrons. The van der Waals surface area contributed by atoms with Crippen LogP contribution in [0.4, 0.5) is 0 Å². The van der Waals surface area contributed by atoms with Gasteiger partial charge in [0.25, 0.3) is 11.7 Å². The van der Waals surface area contributed by atoms with Crippen LogP contribution in [0.3, 0.4) is 0 Å². The lowest BCUT2D eigenvalue weighted by Gasteiger charge is -2.26.